The Hall–Kier alpha value is -2.12. The largest absolute Gasteiger partial charge is 0.379 e. The first-order chi connectivity index (χ1) is 14.5. The molecular weight excluding hydrogens is 446 g/mol. The number of hydrogen-bond acceptors (Lipinski definition) is 9. The zero-order valence-electron chi connectivity index (χ0n) is 15.9. The number of tetrazole rings is 1. The van der Waals surface area contributed by atoms with Crippen molar-refractivity contribution in [3.8, 4) is 0 Å². The fraction of sp³-hybridized carbons (Fsp3) is 0.333. The smallest absolute Gasteiger partial charge is 0.243 e. The lowest BCUT2D eigenvalue weighted by molar-refractivity contribution is 0.0730. The van der Waals surface area contributed by atoms with Gasteiger partial charge in [-0.15, -0.1) is 16.4 Å². The molecule has 0 saturated carbocycles. The lowest BCUT2D eigenvalue weighted by Gasteiger charge is -2.26. The van der Waals surface area contributed by atoms with Gasteiger partial charge in [0.15, 0.2) is 5.78 Å². The lowest BCUT2D eigenvalue weighted by Crippen LogP contribution is -2.40. The molecule has 0 unspecified atom stereocenters. The first-order valence-electron chi connectivity index (χ1n) is 9.16. The highest BCUT2D eigenvalue weighted by atomic mass is 32.2. The number of Topliss-reactive ketones (excluding diaryl/α,β-unsaturated/α-hetero) is 1. The van der Waals surface area contributed by atoms with E-state index in [1.54, 1.807) is 28.2 Å². The van der Waals surface area contributed by atoms with E-state index in [0.717, 1.165) is 4.88 Å². The second-order valence-corrected chi connectivity index (χ2v) is 10.4. The molecular formula is C18H19N5O4S3. The van der Waals surface area contributed by atoms with Crippen LogP contribution in [0.4, 0.5) is 0 Å². The number of carbonyl (C=O) groups excluding carboxylic acids is 1. The van der Waals surface area contributed by atoms with Crippen LogP contribution in [0.5, 0.6) is 0 Å². The third kappa shape index (κ3) is 4.78. The van der Waals surface area contributed by atoms with Crippen molar-refractivity contribution in [3.63, 3.8) is 0 Å². The molecule has 0 amide bonds. The van der Waals surface area contributed by atoms with Crippen molar-refractivity contribution in [1.82, 2.24) is 24.5 Å². The Balaban J connectivity index is 1.38. The number of sulfonamides is 1. The maximum absolute atomic E-state index is 12.7. The summed E-state index contributed by atoms with van der Waals surface area (Å²) in [6.07, 6.45) is 0. The third-order valence-corrected chi connectivity index (χ3v) is 8.23. The highest BCUT2D eigenvalue weighted by Crippen LogP contribution is 2.21. The number of thioether (sulfide) groups is 1. The second-order valence-electron chi connectivity index (χ2n) is 6.45. The van der Waals surface area contributed by atoms with Gasteiger partial charge in [0.2, 0.25) is 15.2 Å². The maximum Gasteiger partial charge on any atom is 0.243 e. The summed E-state index contributed by atoms with van der Waals surface area (Å²) in [5, 5.41) is 14.2. The monoisotopic (exact) mass is 465 g/mol. The van der Waals surface area contributed by atoms with E-state index in [2.05, 4.69) is 15.5 Å². The van der Waals surface area contributed by atoms with Crippen molar-refractivity contribution in [2.24, 2.45) is 0 Å². The lowest BCUT2D eigenvalue weighted by atomic mass is 10.1. The topological polar surface area (TPSA) is 107 Å². The summed E-state index contributed by atoms with van der Waals surface area (Å²) in [4.78, 5) is 13.9. The number of ether oxygens (including phenoxy) is 1. The van der Waals surface area contributed by atoms with Gasteiger partial charge in [-0.1, -0.05) is 30.0 Å². The SMILES string of the molecule is O=C(CSc1nnnn1Cc1cccs1)c1ccc(S(=O)(=O)N2CCOCC2)cc1. The number of thiophene rings is 1. The Morgan fingerprint density at radius 1 is 1.17 bits per heavy atom. The van der Waals surface area contributed by atoms with Gasteiger partial charge in [-0.3, -0.25) is 4.79 Å². The average Bonchev–Trinajstić information content (AvgIpc) is 3.45. The molecule has 1 aliphatic rings. The molecule has 9 nitrogen and oxygen atoms in total. The summed E-state index contributed by atoms with van der Waals surface area (Å²) < 4.78 is 33.6. The number of carbonyl (C=O) groups is 1. The van der Waals surface area contributed by atoms with E-state index in [9.17, 15) is 13.2 Å². The number of morpholine rings is 1. The van der Waals surface area contributed by atoms with Crippen LogP contribution < -0.4 is 0 Å². The van der Waals surface area contributed by atoms with Gasteiger partial charge >= 0.3 is 0 Å². The molecule has 0 radical (unpaired) electrons. The minimum Gasteiger partial charge on any atom is -0.379 e. The molecule has 1 aliphatic heterocycles. The van der Waals surface area contributed by atoms with Crippen LogP contribution in [0, 0.1) is 0 Å². The minimum atomic E-state index is -3.57. The van der Waals surface area contributed by atoms with Crippen LogP contribution in [-0.2, 0) is 21.3 Å². The normalized spacial score (nSPS) is 15.3. The van der Waals surface area contributed by atoms with E-state index in [1.807, 2.05) is 17.5 Å². The molecule has 3 heterocycles. The van der Waals surface area contributed by atoms with Gasteiger partial charge in [0.05, 0.1) is 30.4 Å². The highest BCUT2D eigenvalue weighted by Gasteiger charge is 2.26. The summed E-state index contributed by atoms with van der Waals surface area (Å²) in [7, 11) is -3.57. The third-order valence-electron chi connectivity index (χ3n) is 4.50. The van der Waals surface area contributed by atoms with Crippen molar-refractivity contribution in [2.75, 3.05) is 32.1 Å². The molecule has 1 saturated heterocycles. The van der Waals surface area contributed by atoms with Crippen LogP contribution >= 0.6 is 23.1 Å². The summed E-state index contributed by atoms with van der Waals surface area (Å²) in [5.74, 6) is 0.0291. The molecule has 158 valence electrons. The van der Waals surface area contributed by atoms with Gasteiger partial charge in [0.1, 0.15) is 0 Å². The summed E-state index contributed by atoms with van der Waals surface area (Å²) in [5.41, 5.74) is 0.445. The number of aromatic nitrogens is 4. The quantitative estimate of drug-likeness (QED) is 0.366. The zero-order chi connectivity index (χ0) is 21.0. The predicted octanol–water partition coefficient (Wildman–Crippen LogP) is 1.78. The first-order valence-corrected chi connectivity index (χ1v) is 12.5. The summed E-state index contributed by atoms with van der Waals surface area (Å²) in [6, 6.07) is 10.0. The Morgan fingerprint density at radius 2 is 1.93 bits per heavy atom. The fourth-order valence-corrected chi connectivity index (χ4v) is 5.78. The molecule has 2 aromatic heterocycles. The number of benzene rings is 1. The van der Waals surface area contributed by atoms with E-state index in [1.165, 1.54) is 28.2 Å². The standard InChI is InChI=1S/C18H19N5O4S3/c24-17(13-29-18-19-20-21-23(18)12-15-2-1-11-28-15)14-3-5-16(6-4-14)30(25,26)22-7-9-27-10-8-22/h1-6,11H,7-10,12-13H2. The predicted molar refractivity (Wildman–Crippen MR) is 112 cm³/mol. The number of ketones is 1. The van der Waals surface area contributed by atoms with Crippen LogP contribution in [0.25, 0.3) is 0 Å². The average molecular weight is 466 g/mol. The van der Waals surface area contributed by atoms with Crippen LogP contribution in [0.2, 0.25) is 0 Å². The van der Waals surface area contributed by atoms with Gasteiger partial charge < -0.3 is 4.74 Å². The van der Waals surface area contributed by atoms with Crippen molar-refractivity contribution in [2.45, 2.75) is 16.6 Å². The van der Waals surface area contributed by atoms with Crippen molar-refractivity contribution in [1.29, 1.82) is 0 Å². The number of hydrogen-bond donors (Lipinski definition) is 0. The zero-order valence-corrected chi connectivity index (χ0v) is 18.3. The molecule has 0 N–H and O–H groups in total. The highest BCUT2D eigenvalue weighted by molar-refractivity contribution is 7.99. The van der Waals surface area contributed by atoms with Gasteiger partial charge in [-0.2, -0.15) is 4.31 Å². The summed E-state index contributed by atoms with van der Waals surface area (Å²) in [6.45, 7) is 1.99. The molecule has 30 heavy (non-hydrogen) atoms. The molecule has 0 spiro atoms. The van der Waals surface area contributed by atoms with Crippen molar-refractivity contribution < 1.29 is 17.9 Å². The fourth-order valence-electron chi connectivity index (χ4n) is 2.91. The maximum atomic E-state index is 12.7. The molecule has 1 aromatic carbocycles. The van der Waals surface area contributed by atoms with Crippen molar-refractivity contribution >= 4 is 38.9 Å². The van der Waals surface area contributed by atoms with Gasteiger partial charge in [0, 0.05) is 23.5 Å². The molecule has 4 rings (SSSR count). The minimum absolute atomic E-state index is 0.124. The molecule has 1 fully saturated rings. The molecule has 0 bridgehead atoms. The van der Waals surface area contributed by atoms with E-state index < -0.39 is 10.0 Å². The van der Waals surface area contributed by atoms with Gasteiger partial charge in [-0.25, -0.2) is 13.1 Å². The van der Waals surface area contributed by atoms with Crippen molar-refractivity contribution in [3.05, 3.63) is 52.2 Å². The van der Waals surface area contributed by atoms with Crippen LogP contribution in [0.15, 0.2) is 51.8 Å². The Bertz CT molecular complexity index is 1090. The Morgan fingerprint density at radius 3 is 2.63 bits per heavy atom. The Kier molecular flexibility index (Phi) is 6.58. The summed E-state index contributed by atoms with van der Waals surface area (Å²) >= 11 is 2.87. The molecule has 3 aromatic rings. The number of nitrogens with zero attached hydrogens (tertiary/aromatic N) is 5. The molecule has 12 heteroatoms. The van der Waals surface area contributed by atoms with E-state index in [-0.39, 0.29) is 16.4 Å². The van der Waals surface area contributed by atoms with Crippen LogP contribution in [0.1, 0.15) is 15.2 Å². The van der Waals surface area contributed by atoms with Gasteiger partial charge in [-0.05, 0) is 34.0 Å². The number of rotatable bonds is 8. The van der Waals surface area contributed by atoms with Crippen LogP contribution in [-0.4, -0.2) is 70.8 Å². The Labute approximate surface area is 182 Å². The first kappa shape index (κ1) is 21.1. The second kappa shape index (κ2) is 9.35. The van der Waals surface area contributed by atoms with Crippen LogP contribution in [0.3, 0.4) is 0 Å². The molecule has 0 atom stereocenters. The van der Waals surface area contributed by atoms with E-state index in [0.29, 0.717) is 43.6 Å². The van der Waals surface area contributed by atoms with E-state index in [4.69, 9.17) is 4.74 Å². The van der Waals surface area contributed by atoms with E-state index >= 15 is 0 Å². The van der Waals surface area contributed by atoms with Gasteiger partial charge in [0.25, 0.3) is 0 Å². The molecule has 0 aliphatic carbocycles.